The standard InChI is InChI=1S/C22H22N8O2/c1-14-11-15(2)30-22(24-14)25-20(27-30)21(32)28-10-4-6-17(28)13-29-19(31)8-7-18(26-29)16-5-3-9-23-12-16/h3,5,7-9,11-12,17H,4,6,10,13H2,1-2H3. The molecule has 0 N–H and O–H groups in total. The van der Waals surface area contributed by atoms with Gasteiger partial charge < -0.3 is 4.90 Å². The fourth-order valence-corrected chi connectivity index (χ4v) is 4.13. The third-order valence-corrected chi connectivity index (χ3v) is 5.66. The lowest BCUT2D eigenvalue weighted by molar-refractivity contribution is 0.0708. The second-order valence-corrected chi connectivity index (χ2v) is 7.96. The number of pyridine rings is 1. The lowest BCUT2D eigenvalue weighted by atomic mass is 10.2. The monoisotopic (exact) mass is 430 g/mol. The lowest BCUT2D eigenvalue weighted by Crippen LogP contribution is -2.41. The van der Waals surface area contributed by atoms with Gasteiger partial charge in [-0.1, -0.05) is 0 Å². The van der Waals surface area contributed by atoms with Crippen molar-refractivity contribution >= 4 is 11.7 Å². The van der Waals surface area contributed by atoms with Crippen molar-refractivity contribution in [2.24, 2.45) is 0 Å². The lowest BCUT2D eigenvalue weighted by Gasteiger charge is -2.23. The van der Waals surface area contributed by atoms with Crippen LogP contribution in [0.2, 0.25) is 0 Å². The first-order valence-corrected chi connectivity index (χ1v) is 10.5. The van der Waals surface area contributed by atoms with Gasteiger partial charge in [-0.3, -0.25) is 14.6 Å². The highest BCUT2D eigenvalue weighted by atomic mass is 16.2. The Morgan fingerprint density at radius 3 is 2.84 bits per heavy atom. The maximum Gasteiger partial charge on any atom is 0.293 e. The molecule has 0 spiro atoms. The van der Waals surface area contributed by atoms with Gasteiger partial charge >= 0.3 is 0 Å². The van der Waals surface area contributed by atoms with E-state index in [1.54, 1.807) is 27.9 Å². The van der Waals surface area contributed by atoms with E-state index in [0.29, 0.717) is 24.6 Å². The van der Waals surface area contributed by atoms with Crippen LogP contribution in [-0.4, -0.2) is 57.7 Å². The van der Waals surface area contributed by atoms with Crippen LogP contribution in [0.3, 0.4) is 0 Å². The van der Waals surface area contributed by atoms with E-state index in [1.807, 2.05) is 32.0 Å². The molecule has 1 amide bonds. The van der Waals surface area contributed by atoms with E-state index in [1.165, 1.54) is 10.7 Å². The van der Waals surface area contributed by atoms with E-state index >= 15 is 0 Å². The van der Waals surface area contributed by atoms with Crippen molar-refractivity contribution in [3.8, 4) is 11.3 Å². The summed E-state index contributed by atoms with van der Waals surface area (Å²) < 4.78 is 3.00. The minimum absolute atomic E-state index is 0.113. The molecule has 0 aliphatic carbocycles. The van der Waals surface area contributed by atoms with E-state index in [9.17, 15) is 9.59 Å². The molecule has 10 heteroatoms. The van der Waals surface area contributed by atoms with Crippen molar-refractivity contribution in [3.63, 3.8) is 0 Å². The molecule has 0 bridgehead atoms. The maximum absolute atomic E-state index is 13.2. The summed E-state index contributed by atoms with van der Waals surface area (Å²) in [7, 11) is 0. The average Bonchev–Trinajstić information content (AvgIpc) is 3.42. The summed E-state index contributed by atoms with van der Waals surface area (Å²) >= 11 is 0. The highest BCUT2D eigenvalue weighted by Crippen LogP contribution is 2.21. The molecule has 1 saturated heterocycles. The number of fused-ring (bicyclic) bond motifs is 1. The Morgan fingerprint density at radius 1 is 1.16 bits per heavy atom. The van der Waals surface area contributed by atoms with Crippen LogP contribution in [0.4, 0.5) is 0 Å². The molecule has 1 aliphatic rings. The summed E-state index contributed by atoms with van der Waals surface area (Å²) in [4.78, 5) is 40.3. The molecule has 1 fully saturated rings. The number of likely N-dealkylation sites (tertiary alicyclic amines) is 1. The van der Waals surface area contributed by atoms with Crippen LogP contribution in [0, 0.1) is 13.8 Å². The van der Waals surface area contributed by atoms with Crippen LogP contribution in [0.15, 0.2) is 47.5 Å². The summed E-state index contributed by atoms with van der Waals surface area (Å²) in [6, 6.07) is 8.62. The molecular formula is C22H22N8O2. The number of amides is 1. The Bertz CT molecular complexity index is 1360. The van der Waals surface area contributed by atoms with Crippen LogP contribution in [-0.2, 0) is 6.54 Å². The maximum atomic E-state index is 13.2. The minimum Gasteiger partial charge on any atom is -0.331 e. The van der Waals surface area contributed by atoms with E-state index in [-0.39, 0.29) is 23.3 Å². The number of carbonyl (C=O) groups excluding carboxylic acids is 1. The molecule has 1 atom stereocenters. The molecule has 32 heavy (non-hydrogen) atoms. The van der Waals surface area contributed by atoms with Crippen molar-refractivity contribution in [2.45, 2.75) is 39.3 Å². The first-order chi connectivity index (χ1) is 15.5. The second kappa shape index (κ2) is 7.95. The first kappa shape index (κ1) is 20.0. The fraction of sp³-hybridized carbons (Fsp3) is 0.318. The van der Waals surface area contributed by atoms with Crippen molar-refractivity contribution in [1.82, 2.24) is 39.2 Å². The van der Waals surface area contributed by atoms with Crippen molar-refractivity contribution in [3.05, 3.63) is 70.3 Å². The van der Waals surface area contributed by atoms with Gasteiger partial charge in [-0.05, 0) is 51.0 Å². The topological polar surface area (TPSA) is 111 Å². The van der Waals surface area contributed by atoms with Gasteiger partial charge in [0.05, 0.1) is 18.3 Å². The quantitative estimate of drug-likeness (QED) is 0.484. The first-order valence-electron chi connectivity index (χ1n) is 10.5. The minimum atomic E-state index is -0.258. The molecule has 4 aromatic heterocycles. The van der Waals surface area contributed by atoms with E-state index in [2.05, 4.69) is 25.1 Å². The number of hydrogen-bond donors (Lipinski definition) is 0. The highest BCUT2D eigenvalue weighted by Gasteiger charge is 2.32. The zero-order valence-corrected chi connectivity index (χ0v) is 17.8. The fourth-order valence-electron chi connectivity index (χ4n) is 4.13. The molecule has 0 radical (unpaired) electrons. The molecule has 1 unspecified atom stereocenters. The Hall–Kier alpha value is -3.95. The SMILES string of the molecule is Cc1cc(C)n2nc(C(=O)N3CCCC3Cn3nc(-c4cccnc4)ccc3=O)nc2n1. The summed E-state index contributed by atoms with van der Waals surface area (Å²) in [5, 5.41) is 8.88. The van der Waals surface area contributed by atoms with Crippen molar-refractivity contribution in [2.75, 3.05) is 6.54 Å². The Morgan fingerprint density at radius 2 is 2.03 bits per heavy atom. The predicted molar refractivity (Wildman–Crippen MR) is 116 cm³/mol. The van der Waals surface area contributed by atoms with Gasteiger partial charge in [-0.25, -0.2) is 14.2 Å². The van der Waals surface area contributed by atoms with Gasteiger partial charge in [0.2, 0.25) is 5.82 Å². The Balaban J connectivity index is 1.41. The second-order valence-electron chi connectivity index (χ2n) is 7.96. The van der Waals surface area contributed by atoms with Gasteiger partial charge in [0.25, 0.3) is 17.2 Å². The van der Waals surface area contributed by atoms with Crippen LogP contribution in [0.25, 0.3) is 17.0 Å². The number of hydrogen-bond acceptors (Lipinski definition) is 7. The molecule has 5 rings (SSSR count). The van der Waals surface area contributed by atoms with Crippen LogP contribution >= 0.6 is 0 Å². The van der Waals surface area contributed by atoms with Crippen molar-refractivity contribution < 1.29 is 4.79 Å². The largest absolute Gasteiger partial charge is 0.331 e. The van der Waals surface area contributed by atoms with Crippen LogP contribution in [0.1, 0.15) is 34.8 Å². The number of aromatic nitrogens is 7. The number of rotatable bonds is 4. The van der Waals surface area contributed by atoms with Gasteiger partial charge in [0.1, 0.15) is 0 Å². The summed E-state index contributed by atoms with van der Waals surface area (Å²) in [6.07, 6.45) is 5.01. The van der Waals surface area contributed by atoms with E-state index < -0.39 is 0 Å². The zero-order chi connectivity index (χ0) is 22.2. The predicted octanol–water partition coefficient (Wildman–Crippen LogP) is 1.66. The summed E-state index contributed by atoms with van der Waals surface area (Å²) in [5.41, 5.74) is 2.96. The Labute approximate surface area is 183 Å². The molecule has 1 aliphatic heterocycles. The number of nitrogens with zero attached hydrogens (tertiary/aromatic N) is 8. The van der Waals surface area contributed by atoms with E-state index in [0.717, 1.165) is 29.8 Å². The molecule has 10 nitrogen and oxygen atoms in total. The smallest absolute Gasteiger partial charge is 0.293 e. The third kappa shape index (κ3) is 3.64. The highest BCUT2D eigenvalue weighted by molar-refractivity contribution is 5.91. The third-order valence-electron chi connectivity index (χ3n) is 5.66. The molecular weight excluding hydrogens is 408 g/mol. The molecule has 0 aromatic carbocycles. The number of aryl methyl sites for hydroxylation is 2. The van der Waals surface area contributed by atoms with Gasteiger partial charge in [-0.15, -0.1) is 5.10 Å². The van der Waals surface area contributed by atoms with E-state index in [4.69, 9.17) is 0 Å². The average molecular weight is 430 g/mol. The molecule has 4 aromatic rings. The number of carbonyl (C=O) groups is 1. The summed E-state index contributed by atoms with van der Waals surface area (Å²) in [6.45, 7) is 4.67. The van der Waals surface area contributed by atoms with Crippen LogP contribution in [0.5, 0.6) is 0 Å². The van der Waals surface area contributed by atoms with Gasteiger partial charge in [0, 0.05) is 42.0 Å². The van der Waals surface area contributed by atoms with Crippen LogP contribution < -0.4 is 5.56 Å². The summed E-state index contributed by atoms with van der Waals surface area (Å²) in [5.74, 6) is 0.262. The van der Waals surface area contributed by atoms with Gasteiger partial charge in [0.15, 0.2) is 0 Å². The molecule has 5 heterocycles. The molecule has 162 valence electrons. The Kier molecular flexibility index (Phi) is 4.96. The van der Waals surface area contributed by atoms with Crippen molar-refractivity contribution in [1.29, 1.82) is 0 Å². The molecule has 0 saturated carbocycles. The normalized spacial score (nSPS) is 16.1. The zero-order valence-electron chi connectivity index (χ0n) is 17.8. The van der Waals surface area contributed by atoms with Gasteiger partial charge in [-0.2, -0.15) is 10.1 Å².